The quantitative estimate of drug-likeness (QED) is 0.630. The number of fused-ring (bicyclic) bond motifs is 1. The Hall–Kier alpha value is -2.26. The first-order valence-electron chi connectivity index (χ1n) is 8.10. The fourth-order valence-corrected chi connectivity index (χ4v) is 4.98. The van der Waals surface area contributed by atoms with Gasteiger partial charge in [0, 0.05) is 4.75 Å². The number of hydrogen-bond acceptors (Lipinski definition) is 6. The number of nitrogens with two attached hydrogens (primary N) is 1. The number of aliphatic carboxylic acids is 1. The summed E-state index contributed by atoms with van der Waals surface area (Å²) in [5, 5.41) is 11.7. The van der Waals surface area contributed by atoms with E-state index in [4.69, 9.17) is 10.5 Å². The average Bonchev–Trinajstić information content (AvgIpc) is 2.87. The maximum absolute atomic E-state index is 12.4. The van der Waals surface area contributed by atoms with E-state index in [0.717, 1.165) is 0 Å². The molecule has 0 radical (unpaired) electrons. The number of carbonyl (C=O) groups is 3. The average molecular weight is 379 g/mol. The van der Waals surface area contributed by atoms with E-state index in [1.54, 1.807) is 45.2 Å². The largest absolute Gasteiger partial charge is 0.497 e. The van der Waals surface area contributed by atoms with Crippen molar-refractivity contribution >= 4 is 29.5 Å². The number of carbonyl (C=O) groups excluding carboxylic acids is 2. The maximum Gasteiger partial charge on any atom is 0.327 e. The third kappa shape index (κ3) is 2.90. The van der Waals surface area contributed by atoms with Gasteiger partial charge in [-0.25, -0.2) is 4.79 Å². The Kier molecular flexibility index (Phi) is 4.61. The standard InChI is InChI=1S/C17H21N3O5S/c1-17(2)12(16(23)24)20-14(22)11(15(20)26-17)19-13(21)10(18)8-4-6-9(25-3)7-5-8/h4-7,10-12,15H,18H2,1-3H3,(H,19,21)(H,23,24)/t10-,11-,12+,15-/m1/s1. The van der Waals surface area contributed by atoms with E-state index < -0.39 is 46.0 Å². The topological polar surface area (TPSA) is 122 Å². The zero-order valence-corrected chi connectivity index (χ0v) is 15.4. The number of rotatable bonds is 5. The zero-order chi connectivity index (χ0) is 19.2. The minimum Gasteiger partial charge on any atom is -0.497 e. The van der Waals surface area contributed by atoms with Crippen LogP contribution in [-0.4, -0.2) is 57.1 Å². The van der Waals surface area contributed by atoms with Crippen LogP contribution in [0.2, 0.25) is 0 Å². The monoisotopic (exact) mass is 379 g/mol. The van der Waals surface area contributed by atoms with E-state index >= 15 is 0 Å². The van der Waals surface area contributed by atoms with Gasteiger partial charge in [0.05, 0.1) is 7.11 Å². The number of amides is 2. The first kappa shape index (κ1) is 18.5. The smallest absolute Gasteiger partial charge is 0.327 e. The summed E-state index contributed by atoms with van der Waals surface area (Å²) in [5.74, 6) is -1.27. The molecule has 4 N–H and O–H groups in total. The van der Waals surface area contributed by atoms with Crippen LogP contribution in [0.25, 0.3) is 0 Å². The van der Waals surface area contributed by atoms with Crippen LogP contribution in [0.15, 0.2) is 24.3 Å². The lowest BCUT2D eigenvalue weighted by molar-refractivity contribution is -0.161. The number of ether oxygens (including phenoxy) is 1. The summed E-state index contributed by atoms with van der Waals surface area (Å²) in [6.07, 6.45) is 0. The highest BCUT2D eigenvalue weighted by atomic mass is 32.2. The number of benzene rings is 1. The molecule has 2 amide bonds. The highest BCUT2D eigenvalue weighted by Crippen LogP contribution is 2.50. The Morgan fingerprint density at radius 1 is 1.35 bits per heavy atom. The molecule has 2 aliphatic rings. The predicted molar refractivity (Wildman–Crippen MR) is 95.6 cm³/mol. The fraction of sp³-hybridized carbons (Fsp3) is 0.471. The number of methoxy groups -OCH3 is 1. The molecule has 0 unspecified atom stereocenters. The Balaban J connectivity index is 1.69. The SMILES string of the molecule is COc1ccc([C@@H](N)C(=O)N[C@@H]2C(=O)N3[C@@H]2SC(C)(C)[C@@H]3C(=O)O)cc1. The van der Waals surface area contributed by atoms with Gasteiger partial charge in [-0.05, 0) is 31.5 Å². The minimum atomic E-state index is -1.04. The van der Waals surface area contributed by atoms with Crippen LogP contribution in [-0.2, 0) is 14.4 Å². The molecule has 0 bridgehead atoms. The lowest BCUT2D eigenvalue weighted by atomic mass is 9.95. The summed E-state index contributed by atoms with van der Waals surface area (Å²) in [7, 11) is 1.54. The summed E-state index contributed by atoms with van der Waals surface area (Å²) in [4.78, 5) is 37.7. The van der Waals surface area contributed by atoms with E-state index in [0.29, 0.717) is 11.3 Å². The summed E-state index contributed by atoms with van der Waals surface area (Å²) in [5.41, 5.74) is 6.58. The molecular weight excluding hydrogens is 358 g/mol. The second-order valence-corrected chi connectivity index (χ2v) is 8.61. The third-order valence-electron chi connectivity index (χ3n) is 4.73. The van der Waals surface area contributed by atoms with Gasteiger partial charge in [0.1, 0.15) is 29.2 Å². The van der Waals surface area contributed by atoms with Crippen molar-refractivity contribution in [2.24, 2.45) is 5.73 Å². The fourth-order valence-electron chi connectivity index (χ4n) is 3.35. The molecule has 0 saturated carbocycles. The van der Waals surface area contributed by atoms with E-state index in [2.05, 4.69) is 5.32 Å². The second-order valence-electron chi connectivity index (χ2n) is 6.84. The Morgan fingerprint density at radius 2 is 1.96 bits per heavy atom. The molecular formula is C17H21N3O5S. The van der Waals surface area contributed by atoms with Crippen LogP contribution in [0.4, 0.5) is 0 Å². The molecule has 0 aliphatic carbocycles. The Morgan fingerprint density at radius 3 is 2.50 bits per heavy atom. The summed E-state index contributed by atoms with van der Waals surface area (Å²) >= 11 is 1.37. The van der Waals surface area contributed by atoms with E-state index in [1.807, 2.05) is 0 Å². The molecule has 0 aromatic heterocycles. The highest BCUT2D eigenvalue weighted by Gasteiger charge is 2.64. The number of nitrogens with one attached hydrogen (secondary N) is 1. The number of nitrogens with zero attached hydrogens (tertiary/aromatic N) is 1. The molecule has 140 valence electrons. The highest BCUT2D eigenvalue weighted by molar-refractivity contribution is 8.01. The van der Waals surface area contributed by atoms with Crippen LogP contribution in [0.1, 0.15) is 25.5 Å². The number of carboxylic acid groups (broad SMARTS) is 1. The lowest BCUT2D eigenvalue weighted by Gasteiger charge is -2.43. The molecule has 8 nitrogen and oxygen atoms in total. The summed E-state index contributed by atoms with van der Waals surface area (Å²) in [6.45, 7) is 3.56. The van der Waals surface area contributed by atoms with Crippen LogP contribution < -0.4 is 15.8 Å². The maximum atomic E-state index is 12.4. The number of thioether (sulfide) groups is 1. The Labute approximate surface area is 155 Å². The molecule has 26 heavy (non-hydrogen) atoms. The van der Waals surface area contributed by atoms with Crippen LogP contribution in [0.5, 0.6) is 5.75 Å². The molecule has 4 atom stereocenters. The third-order valence-corrected chi connectivity index (χ3v) is 6.30. The molecule has 1 aromatic carbocycles. The van der Waals surface area contributed by atoms with Crippen molar-refractivity contribution in [3.05, 3.63) is 29.8 Å². The second kappa shape index (κ2) is 6.48. The van der Waals surface area contributed by atoms with Gasteiger partial charge in [-0.15, -0.1) is 11.8 Å². The van der Waals surface area contributed by atoms with Crippen molar-refractivity contribution in [2.45, 2.75) is 42.1 Å². The first-order valence-corrected chi connectivity index (χ1v) is 8.98. The first-order chi connectivity index (χ1) is 12.2. The molecule has 3 rings (SSSR count). The molecule has 0 spiro atoms. The Bertz CT molecular complexity index is 751. The molecule has 2 saturated heterocycles. The zero-order valence-electron chi connectivity index (χ0n) is 14.6. The van der Waals surface area contributed by atoms with Crippen molar-refractivity contribution < 1.29 is 24.2 Å². The number of hydrogen-bond donors (Lipinski definition) is 3. The summed E-state index contributed by atoms with van der Waals surface area (Å²) < 4.78 is 4.43. The van der Waals surface area contributed by atoms with Crippen LogP contribution >= 0.6 is 11.8 Å². The lowest BCUT2D eigenvalue weighted by Crippen LogP contribution is -2.71. The van der Waals surface area contributed by atoms with Crippen molar-refractivity contribution in [1.82, 2.24) is 10.2 Å². The van der Waals surface area contributed by atoms with Gasteiger partial charge in [0.15, 0.2) is 0 Å². The van der Waals surface area contributed by atoms with Crippen molar-refractivity contribution in [3.8, 4) is 5.75 Å². The van der Waals surface area contributed by atoms with Crippen molar-refractivity contribution in [2.75, 3.05) is 7.11 Å². The van der Waals surface area contributed by atoms with Crippen molar-refractivity contribution in [3.63, 3.8) is 0 Å². The van der Waals surface area contributed by atoms with Gasteiger partial charge in [0.2, 0.25) is 11.8 Å². The molecule has 9 heteroatoms. The van der Waals surface area contributed by atoms with E-state index in [9.17, 15) is 19.5 Å². The van der Waals surface area contributed by atoms with Gasteiger partial charge in [-0.3, -0.25) is 9.59 Å². The van der Waals surface area contributed by atoms with Gasteiger partial charge < -0.3 is 25.8 Å². The van der Waals surface area contributed by atoms with Crippen molar-refractivity contribution in [1.29, 1.82) is 0 Å². The molecule has 2 heterocycles. The minimum absolute atomic E-state index is 0.393. The predicted octanol–water partition coefficient (Wildman–Crippen LogP) is 0.327. The summed E-state index contributed by atoms with van der Waals surface area (Å²) in [6, 6.07) is 4.17. The van der Waals surface area contributed by atoms with Gasteiger partial charge in [0.25, 0.3) is 0 Å². The number of β-lactam (4-membered cyclic amide) rings is 1. The van der Waals surface area contributed by atoms with Crippen LogP contribution in [0.3, 0.4) is 0 Å². The van der Waals surface area contributed by atoms with Gasteiger partial charge >= 0.3 is 5.97 Å². The molecule has 2 fully saturated rings. The normalized spacial score (nSPS) is 27.3. The van der Waals surface area contributed by atoms with Crippen LogP contribution in [0, 0.1) is 0 Å². The van der Waals surface area contributed by atoms with E-state index in [1.165, 1.54) is 16.7 Å². The van der Waals surface area contributed by atoms with E-state index in [-0.39, 0.29) is 0 Å². The van der Waals surface area contributed by atoms with Gasteiger partial charge in [-0.2, -0.15) is 0 Å². The molecule has 2 aliphatic heterocycles. The number of carboxylic acids is 1. The van der Waals surface area contributed by atoms with Gasteiger partial charge in [-0.1, -0.05) is 12.1 Å². The molecule has 1 aromatic rings.